The summed E-state index contributed by atoms with van der Waals surface area (Å²) in [6, 6.07) is 0.669. The highest BCUT2D eigenvalue weighted by molar-refractivity contribution is 5.95. The monoisotopic (exact) mass is 183 g/mol. The first-order valence-electron chi connectivity index (χ1n) is 3.51. The van der Waals surface area contributed by atoms with Crippen LogP contribution in [0.4, 0.5) is 4.79 Å². The molecule has 0 aliphatic heterocycles. The van der Waals surface area contributed by atoms with Crippen LogP contribution in [0, 0.1) is 6.92 Å². The lowest BCUT2D eigenvalue weighted by Gasteiger charge is -2.02. The van der Waals surface area contributed by atoms with Gasteiger partial charge in [0.2, 0.25) is 0 Å². The zero-order chi connectivity index (χ0) is 9.84. The zero-order valence-corrected chi connectivity index (χ0v) is 6.96. The molecule has 70 valence electrons. The largest absolute Gasteiger partial charge is 0.469 e. The Balaban J connectivity index is 2.59. The first kappa shape index (κ1) is 9.11. The lowest BCUT2D eigenvalue weighted by Crippen LogP contribution is -2.44. The summed E-state index contributed by atoms with van der Waals surface area (Å²) in [5, 5.41) is 0. The highest BCUT2D eigenvalue weighted by Gasteiger charge is 2.10. The molecule has 4 N–H and O–H groups in total. The van der Waals surface area contributed by atoms with Crippen LogP contribution in [-0.4, -0.2) is 11.9 Å². The molecule has 0 saturated carbocycles. The van der Waals surface area contributed by atoms with E-state index in [4.69, 9.17) is 10.2 Å². The second-order valence-electron chi connectivity index (χ2n) is 2.33. The molecule has 6 nitrogen and oxygen atoms in total. The van der Waals surface area contributed by atoms with E-state index in [1.165, 1.54) is 12.3 Å². The molecule has 0 spiro atoms. The molecular formula is C7H9N3O3. The summed E-state index contributed by atoms with van der Waals surface area (Å²) in [4.78, 5) is 21.4. The van der Waals surface area contributed by atoms with Crippen molar-refractivity contribution >= 4 is 11.9 Å². The lowest BCUT2D eigenvalue weighted by atomic mass is 10.2. The number of hydrogen-bond donors (Lipinski definition) is 3. The number of aryl methyl sites for hydroxylation is 1. The van der Waals surface area contributed by atoms with Crippen molar-refractivity contribution in [2.75, 3.05) is 0 Å². The Morgan fingerprint density at radius 3 is 2.62 bits per heavy atom. The van der Waals surface area contributed by atoms with Crippen LogP contribution in [-0.2, 0) is 0 Å². The number of amides is 3. The minimum absolute atomic E-state index is 0.355. The Kier molecular flexibility index (Phi) is 2.53. The van der Waals surface area contributed by atoms with Crippen molar-refractivity contribution in [3.05, 3.63) is 23.7 Å². The molecule has 1 aromatic rings. The number of hydrogen-bond acceptors (Lipinski definition) is 3. The van der Waals surface area contributed by atoms with Gasteiger partial charge < -0.3 is 10.2 Å². The zero-order valence-electron chi connectivity index (χ0n) is 6.96. The van der Waals surface area contributed by atoms with Gasteiger partial charge in [0.1, 0.15) is 5.76 Å². The van der Waals surface area contributed by atoms with E-state index in [1.807, 2.05) is 5.43 Å². The van der Waals surface area contributed by atoms with Crippen molar-refractivity contribution in [1.82, 2.24) is 10.9 Å². The first-order chi connectivity index (χ1) is 6.11. The van der Waals surface area contributed by atoms with Crippen molar-refractivity contribution < 1.29 is 14.0 Å². The van der Waals surface area contributed by atoms with Crippen LogP contribution in [0.15, 0.2) is 16.7 Å². The van der Waals surface area contributed by atoms with Gasteiger partial charge in [-0.15, -0.1) is 0 Å². The second kappa shape index (κ2) is 3.61. The van der Waals surface area contributed by atoms with Crippen LogP contribution in [0.2, 0.25) is 0 Å². The normalized spacial score (nSPS) is 9.31. The highest BCUT2D eigenvalue weighted by Crippen LogP contribution is 2.07. The van der Waals surface area contributed by atoms with Crippen molar-refractivity contribution in [2.45, 2.75) is 6.92 Å². The molecule has 0 unspecified atom stereocenters. The number of nitrogens with one attached hydrogen (secondary N) is 2. The van der Waals surface area contributed by atoms with E-state index in [1.54, 1.807) is 6.92 Å². The van der Waals surface area contributed by atoms with E-state index < -0.39 is 11.9 Å². The summed E-state index contributed by atoms with van der Waals surface area (Å²) < 4.78 is 4.89. The number of urea groups is 1. The predicted molar refractivity (Wildman–Crippen MR) is 43.6 cm³/mol. The quantitative estimate of drug-likeness (QED) is 0.530. The van der Waals surface area contributed by atoms with E-state index in [0.717, 1.165) is 0 Å². The van der Waals surface area contributed by atoms with Crippen LogP contribution in [0.25, 0.3) is 0 Å². The van der Waals surface area contributed by atoms with Crippen LogP contribution in [0.5, 0.6) is 0 Å². The maximum absolute atomic E-state index is 11.2. The standard InChI is InChI=1S/C7H9N3O3/c1-4-5(2-3-13-4)6(11)9-10-7(8)12/h2-3H,1H3,(H,9,11)(H3,8,10,12). The highest BCUT2D eigenvalue weighted by atomic mass is 16.3. The van der Waals surface area contributed by atoms with Crippen molar-refractivity contribution in [3.8, 4) is 0 Å². The molecule has 0 bridgehead atoms. The van der Waals surface area contributed by atoms with Gasteiger partial charge in [-0.3, -0.25) is 10.2 Å². The van der Waals surface area contributed by atoms with Crippen molar-refractivity contribution in [1.29, 1.82) is 0 Å². The lowest BCUT2D eigenvalue weighted by molar-refractivity contribution is 0.0936. The van der Waals surface area contributed by atoms with Crippen molar-refractivity contribution in [2.24, 2.45) is 5.73 Å². The maximum Gasteiger partial charge on any atom is 0.330 e. The summed E-state index contributed by atoms with van der Waals surface area (Å²) in [5.41, 5.74) is 9.16. The number of primary amides is 1. The minimum atomic E-state index is -0.825. The van der Waals surface area contributed by atoms with E-state index in [0.29, 0.717) is 11.3 Å². The fraction of sp³-hybridized carbons (Fsp3) is 0.143. The summed E-state index contributed by atoms with van der Waals surface area (Å²) in [5.74, 6) is 0.00817. The van der Waals surface area contributed by atoms with E-state index >= 15 is 0 Å². The third kappa shape index (κ3) is 2.22. The number of carbonyl (C=O) groups is 2. The Hall–Kier alpha value is -1.98. The van der Waals surface area contributed by atoms with Gasteiger partial charge >= 0.3 is 6.03 Å². The Labute approximate surface area is 74.1 Å². The van der Waals surface area contributed by atoms with E-state index in [2.05, 4.69) is 5.43 Å². The maximum atomic E-state index is 11.2. The molecule has 0 atom stereocenters. The van der Waals surface area contributed by atoms with E-state index in [-0.39, 0.29) is 0 Å². The van der Waals surface area contributed by atoms with Gasteiger partial charge in [-0.05, 0) is 13.0 Å². The molecule has 0 saturated heterocycles. The summed E-state index contributed by atoms with van der Waals surface area (Å²) in [6.07, 6.45) is 1.38. The van der Waals surface area contributed by atoms with Gasteiger partial charge in [0.05, 0.1) is 11.8 Å². The molecule has 0 aliphatic carbocycles. The third-order valence-corrected chi connectivity index (χ3v) is 1.40. The number of furan rings is 1. The van der Waals surface area contributed by atoms with E-state index in [9.17, 15) is 9.59 Å². The molecule has 6 heteroatoms. The summed E-state index contributed by atoms with van der Waals surface area (Å²) in [7, 11) is 0. The third-order valence-electron chi connectivity index (χ3n) is 1.40. The summed E-state index contributed by atoms with van der Waals surface area (Å²) >= 11 is 0. The van der Waals surface area contributed by atoms with Gasteiger partial charge in [0.15, 0.2) is 0 Å². The molecule has 1 heterocycles. The topological polar surface area (TPSA) is 97.4 Å². The van der Waals surface area contributed by atoms with Crippen LogP contribution >= 0.6 is 0 Å². The Morgan fingerprint density at radius 1 is 1.46 bits per heavy atom. The molecule has 3 amide bonds. The van der Waals surface area contributed by atoms with Crippen LogP contribution in [0.1, 0.15) is 16.1 Å². The average molecular weight is 183 g/mol. The first-order valence-corrected chi connectivity index (χ1v) is 3.51. The molecule has 0 radical (unpaired) electrons. The molecule has 0 aliphatic rings. The van der Waals surface area contributed by atoms with Gasteiger partial charge in [-0.25, -0.2) is 10.2 Å². The van der Waals surface area contributed by atoms with Crippen LogP contribution < -0.4 is 16.6 Å². The molecule has 13 heavy (non-hydrogen) atoms. The molecule has 0 fully saturated rings. The molecule has 0 aromatic carbocycles. The number of carbonyl (C=O) groups excluding carboxylic acids is 2. The van der Waals surface area contributed by atoms with Gasteiger partial charge in [-0.2, -0.15) is 0 Å². The Bertz CT molecular complexity index is 331. The molecule has 1 rings (SSSR count). The number of hydrazine groups is 1. The van der Waals surface area contributed by atoms with Gasteiger partial charge in [0.25, 0.3) is 5.91 Å². The fourth-order valence-corrected chi connectivity index (χ4v) is 0.806. The minimum Gasteiger partial charge on any atom is -0.469 e. The smallest absolute Gasteiger partial charge is 0.330 e. The Morgan fingerprint density at radius 2 is 2.15 bits per heavy atom. The summed E-state index contributed by atoms with van der Waals surface area (Å²) in [6.45, 7) is 1.64. The number of rotatable bonds is 1. The molecule has 1 aromatic heterocycles. The van der Waals surface area contributed by atoms with Gasteiger partial charge in [0, 0.05) is 0 Å². The fourth-order valence-electron chi connectivity index (χ4n) is 0.806. The van der Waals surface area contributed by atoms with Crippen LogP contribution in [0.3, 0.4) is 0 Å². The SMILES string of the molecule is Cc1occc1C(=O)NNC(N)=O. The molecular weight excluding hydrogens is 174 g/mol. The number of nitrogens with two attached hydrogens (primary N) is 1. The predicted octanol–water partition coefficient (Wildman–Crippen LogP) is -0.0989. The van der Waals surface area contributed by atoms with Gasteiger partial charge in [-0.1, -0.05) is 0 Å². The average Bonchev–Trinajstić information content (AvgIpc) is 2.47. The second-order valence-corrected chi connectivity index (χ2v) is 2.33. The van der Waals surface area contributed by atoms with Crippen molar-refractivity contribution in [3.63, 3.8) is 0 Å².